The Balaban J connectivity index is 1.53. The Bertz CT molecular complexity index is 1490. The summed E-state index contributed by atoms with van der Waals surface area (Å²) < 4.78 is 44.6. The van der Waals surface area contributed by atoms with Gasteiger partial charge >= 0.3 is 0 Å². The number of benzene rings is 1. The van der Waals surface area contributed by atoms with Crippen molar-refractivity contribution in [2.24, 2.45) is 0 Å². The first-order valence-electron chi connectivity index (χ1n) is 10.4. The predicted octanol–water partition coefficient (Wildman–Crippen LogP) is 4.86. The van der Waals surface area contributed by atoms with Gasteiger partial charge in [0.1, 0.15) is 23.9 Å². The Kier molecular flexibility index (Phi) is 7.08. The zero-order valence-electron chi connectivity index (χ0n) is 18.8. The average Bonchev–Trinajstić information content (AvgIpc) is 3.19. The van der Waals surface area contributed by atoms with Crippen LogP contribution in [0.3, 0.4) is 0 Å². The van der Waals surface area contributed by atoms with Crippen molar-refractivity contribution in [1.29, 1.82) is 0 Å². The number of aryl methyl sites for hydroxylation is 1. The van der Waals surface area contributed by atoms with E-state index in [1.807, 2.05) is 6.92 Å². The number of halogens is 1. The molecule has 0 radical (unpaired) electrons. The smallest absolute Gasteiger partial charge is 0.265 e. The summed E-state index contributed by atoms with van der Waals surface area (Å²) in [5, 5.41) is 2.79. The molecule has 4 rings (SSSR count). The van der Waals surface area contributed by atoms with Crippen molar-refractivity contribution in [3.8, 4) is 17.0 Å². The first kappa shape index (κ1) is 24.3. The van der Waals surface area contributed by atoms with Gasteiger partial charge in [-0.25, -0.2) is 12.8 Å². The Morgan fingerprint density at radius 2 is 1.91 bits per heavy atom. The molecule has 8 nitrogen and oxygen atoms in total. The highest BCUT2D eigenvalue weighted by atomic mass is 32.2. The van der Waals surface area contributed by atoms with Crippen LogP contribution in [0.5, 0.6) is 5.75 Å². The fraction of sp³-hybridized carbons (Fsp3) is 0.125. The summed E-state index contributed by atoms with van der Waals surface area (Å²) in [6, 6.07) is 13.0. The first-order chi connectivity index (χ1) is 16.7. The lowest BCUT2D eigenvalue weighted by Gasteiger charge is -2.10. The molecule has 1 amide bonds. The average molecular weight is 513 g/mol. The van der Waals surface area contributed by atoms with Crippen LogP contribution >= 0.6 is 11.3 Å². The van der Waals surface area contributed by atoms with Crippen LogP contribution in [0.2, 0.25) is 0 Å². The van der Waals surface area contributed by atoms with Crippen LogP contribution in [-0.2, 0) is 16.6 Å². The van der Waals surface area contributed by atoms with Crippen LogP contribution < -0.4 is 14.8 Å². The van der Waals surface area contributed by atoms with Gasteiger partial charge < -0.3 is 10.1 Å². The van der Waals surface area contributed by atoms with E-state index in [1.54, 1.807) is 42.6 Å². The van der Waals surface area contributed by atoms with Crippen molar-refractivity contribution in [1.82, 2.24) is 9.97 Å². The number of sulfonamides is 1. The Morgan fingerprint density at radius 3 is 2.69 bits per heavy atom. The van der Waals surface area contributed by atoms with Crippen LogP contribution in [0, 0.1) is 12.7 Å². The van der Waals surface area contributed by atoms with E-state index in [2.05, 4.69) is 20.0 Å². The van der Waals surface area contributed by atoms with Crippen molar-refractivity contribution in [2.75, 3.05) is 16.3 Å². The van der Waals surface area contributed by atoms with E-state index < -0.39 is 15.8 Å². The highest BCUT2D eigenvalue weighted by Crippen LogP contribution is 2.35. The number of hydrogen-bond donors (Lipinski definition) is 2. The molecule has 0 aliphatic heterocycles. The Morgan fingerprint density at radius 1 is 1.11 bits per heavy atom. The van der Waals surface area contributed by atoms with Gasteiger partial charge in [-0.2, -0.15) is 0 Å². The fourth-order valence-electron chi connectivity index (χ4n) is 3.30. The van der Waals surface area contributed by atoms with Crippen LogP contribution in [0.15, 0.2) is 67.1 Å². The molecule has 3 heterocycles. The summed E-state index contributed by atoms with van der Waals surface area (Å²) in [5.74, 6) is -0.297. The molecule has 35 heavy (non-hydrogen) atoms. The third-order valence-corrected chi connectivity index (χ3v) is 6.40. The number of amides is 1. The number of carbonyl (C=O) groups excluding carboxylic acids is 1. The molecule has 0 saturated heterocycles. The number of rotatable bonds is 8. The SMILES string of the molecule is Cc1sc(C(=O)Nc2cccc(NS(C)(=O)=O)c2)cc1-c1ncccc1OCc1cncc(F)c1. The minimum atomic E-state index is -3.44. The molecule has 0 bridgehead atoms. The third kappa shape index (κ3) is 6.40. The van der Waals surface area contributed by atoms with Gasteiger partial charge in [-0.05, 0) is 49.4 Å². The molecule has 0 aliphatic rings. The van der Waals surface area contributed by atoms with Crippen LogP contribution in [0.25, 0.3) is 11.3 Å². The summed E-state index contributed by atoms with van der Waals surface area (Å²) in [7, 11) is -3.44. The van der Waals surface area contributed by atoms with Gasteiger partial charge in [0.25, 0.3) is 5.91 Å². The number of nitrogens with zero attached hydrogens (tertiary/aromatic N) is 2. The van der Waals surface area contributed by atoms with Gasteiger partial charge in [-0.3, -0.25) is 19.5 Å². The summed E-state index contributed by atoms with van der Waals surface area (Å²) >= 11 is 1.30. The maximum atomic E-state index is 13.4. The van der Waals surface area contributed by atoms with E-state index in [-0.39, 0.29) is 12.5 Å². The zero-order chi connectivity index (χ0) is 25.0. The summed E-state index contributed by atoms with van der Waals surface area (Å²) in [6.45, 7) is 1.99. The lowest BCUT2D eigenvalue weighted by Crippen LogP contribution is -2.12. The van der Waals surface area contributed by atoms with Crippen molar-refractivity contribution in [3.63, 3.8) is 0 Å². The molecule has 3 aromatic heterocycles. The third-order valence-electron chi connectivity index (χ3n) is 4.75. The topological polar surface area (TPSA) is 110 Å². The first-order valence-corrected chi connectivity index (χ1v) is 13.1. The molecule has 2 N–H and O–H groups in total. The van der Waals surface area contributed by atoms with E-state index in [9.17, 15) is 17.6 Å². The molecule has 11 heteroatoms. The lowest BCUT2D eigenvalue weighted by atomic mass is 10.1. The highest BCUT2D eigenvalue weighted by Gasteiger charge is 2.18. The maximum absolute atomic E-state index is 13.4. The second kappa shape index (κ2) is 10.2. The van der Waals surface area contributed by atoms with E-state index in [0.717, 1.165) is 22.9 Å². The standard InChI is InChI=1S/C24H21FN4O4S2/c1-15-20(23-21(7-4-8-27-23)33-14-16-9-17(25)13-26-12-16)11-22(34-15)24(30)28-18-5-3-6-19(10-18)29-35(2,31)32/h3-13,29H,14H2,1-2H3,(H,28,30). The lowest BCUT2D eigenvalue weighted by molar-refractivity contribution is 0.103. The number of ether oxygens (including phenoxy) is 1. The Labute approximate surface area is 205 Å². The summed E-state index contributed by atoms with van der Waals surface area (Å²) in [6.07, 6.45) is 5.33. The largest absolute Gasteiger partial charge is 0.487 e. The van der Waals surface area contributed by atoms with Gasteiger partial charge in [0.15, 0.2) is 0 Å². The molecule has 4 aromatic rings. The predicted molar refractivity (Wildman–Crippen MR) is 134 cm³/mol. The molecule has 0 unspecified atom stereocenters. The number of thiophene rings is 1. The van der Waals surface area contributed by atoms with E-state index in [4.69, 9.17) is 4.74 Å². The van der Waals surface area contributed by atoms with Crippen LogP contribution in [0.1, 0.15) is 20.1 Å². The molecule has 0 saturated carbocycles. The maximum Gasteiger partial charge on any atom is 0.265 e. The van der Waals surface area contributed by atoms with Crippen molar-refractivity contribution in [2.45, 2.75) is 13.5 Å². The van der Waals surface area contributed by atoms with E-state index in [0.29, 0.717) is 33.3 Å². The van der Waals surface area contributed by atoms with Crippen molar-refractivity contribution >= 4 is 38.6 Å². The quantitative estimate of drug-likeness (QED) is 0.349. The minimum Gasteiger partial charge on any atom is -0.487 e. The number of carbonyl (C=O) groups is 1. The Hall–Kier alpha value is -3.83. The van der Waals surface area contributed by atoms with E-state index >= 15 is 0 Å². The molecule has 0 atom stereocenters. The van der Waals surface area contributed by atoms with Crippen molar-refractivity contribution < 1.29 is 22.3 Å². The molecular formula is C24H21FN4O4S2. The van der Waals surface area contributed by atoms with Gasteiger partial charge in [-0.1, -0.05) is 6.07 Å². The van der Waals surface area contributed by atoms with Gasteiger partial charge in [0.05, 0.1) is 23.0 Å². The number of hydrogen-bond acceptors (Lipinski definition) is 7. The van der Waals surface area contributed by atoms with Gasteiger partial charge in [0, 0.05) is 34.1 Å². The molecule has 0 aliphatic carbocycles. The minimum absolute atomic E-state index is 0.109. The van der Waals surface area contributed by atoms with Gasteiger partial charge in [0.2, 0.25) is 10.0 Å². The fourth-order valence-corrected chi connectivity index (χ4v) is 4.77. The highest BCUT2D eigenvalue weighted by molar-refractivity contribution is 7.92. The molecule has 0 spiro atoms. The number of pyridine rings is 2. The van der Waals surface area contributed by atoms with E-state index in [1.165, 1.54) is 29.7 Å². The molecule has 0 fully saturated rings. The normalized spacial score (nSPS) is 11.2. The van der Waals surface area contributed by atoms with Crippen LogP contribution in [0.4, 0.5) is 15.8 Å². The molecule has 1 aromatic carbocycles. The second-order valence-corrected chi connectivity index (χ2v) is 10.6. The zero-order valence-corrected chi connectivity index (χ0v) is 20.4. The van der Waals surface area contributed by atoms with Crippen LogP contribution in [-0.4, -0.2) is 30.5 Å². The number of nitrogens with one attached hydrogen (secondary N) is 2. The molecular weight excluding hydrogens is 491 g/mol. The summed E-state index contributed by atoms with van der Waals surface area (Å²) in [4.78, 5) is 22.5. The van der Waals surface area contributed by atoms with Crippen molar-refractivity contribution in [3.05, 3.63) is 88.3 Å². The summed E-state index contributed by atoms with van der Waals surface area (Å²) in [5.41, 5.74) is 2.66. The molecule has 180 valence electrons. The monoisotopic (exact) mass is 512 g/mol. The number of aromatic nitrogens is 2. The number of anilines is 2. The van der Waals surface area contributed by atoms with Gasteiger partial charge in [-0.15, -0.1) is 11.3 Å². The second-order valence-electron chi connectivity index (χ2n) is 7.64.